The van der Waals surface area contributed by atoms with Gasteiger partial charge in [0.15, 0.2) is 5.71 Å². The molecule has 0 saturated carbocycles. The normalized spacial score (nSPS) is 17.5. The summed E-state index contributed by atoms with van der Waals surface area (Å²) in [5.41, 5.74) is 1.72. The van der Waals surface area contributed by atoms with Crippen LogP contribution in [0.3, 0.4) is 0 Å². The zero-order valence-electron chi connectivity index (χ0n) is 10.4. The van der Waals surface area contributed by atoms with Crippen LogP contribution in [-0.4, -0.2) is 20.8 Å². The quantitative estimate of drug-likeness (QED) is 0.508. The van der Waals surface area contributed by atoms with Crippen molar-refractivity contribution >= 4 is 23.0 Å². The Morgan fingerprint density at radius 1 is 1.05 bits per heavy atom. The zero-order chi connectivity index (χ0) is 15.1. The molecule has 0 heterocycles. The van der Waals surface area contributed by atoms with Gasteiger partial charge >= 0.3 is 0 Å². The smallest absolute Gasteiger partial charge is 0.298 e. The maximum Gasteiger partial charge on any atom is 0.298 e. The Morgan fingerprint density at radius 3 is 2.43 bits per heavy atom. The molecule has 2 aliphatic rings. The summed E-state index contributed by atoms with van der Waals surface area (Å²) < 4.78 is 0. The largest absolute Gasteiger partial charge is 0.410 e. The van der Waals surface area contributed by atoms with Crippen LogP contribution in [0, 0.1) is 20.2 Å². The number of hydrogen-bond acceptors (Lipinski definition) is 6. The van der Waals surface area contributed by atoms with Crippen LogP contribution < -0.4 is 0 Å². The van der Waals surface area contributed by atoms with Crippen LogP contribution in [0.2, 0.25) is 0 Å². The van der Waals surface area contributed by atoms with Gasteiger partial charge in [-0.25, -0.2) is 0 Å². The van der Waals surface area contributed by atoms with Gasteiger partial charge in [-0.1, -0.05) is 5.16 Å². The third-order valence-electron chi connectivity index (χ3n) is 3.33. The molecule has 0 aliphatic heterocycles. The average molecular weight is 285 g/mol. The van der Waals surface area contributed by atoms with Crippen LogP contribution in [-0.2, 0) is 0 Å². The van der Waals surface area contributed by atoms with Gasteiger partial charge in [-0.15, -0.1) is 0 Å². The number of oxime groups is 1. The summed E-state index contributed by atoms with van der Waals surface area (Å²) in [6, 6.07) is 4.31. The molecular formula is C13H7N3O5. The van der Waals surface area contributed by atoms with E-state index in [0.717, 1.165) is 0 Å². The second-order valence-corrected chi connectivity index (χ2v) is 4.42. The van der Waals surface area contributed by atoms with E-state index in [1.165, 1.54) is 24.3 Å². The second kappa shape index (κ2) is 4.37. The Kier molecular flexibility index (Phi) is 2.65. The highest BCUT2D eigenvalue weighted by molar-refractivity contribution is 6.27. The van der Waals surface area contributed by atoms with Crippen molar-refractivity contribution in [3.05, 3.63) is 73.0 Å². The lowest BCUT2D eigenvalue weighted by atomic mass is 9.94. The third kappa shape index (κ3) is 1.81. The maximum absolute atomic E-state index is 10.9. The molecule has 0 bridgehead atoms. The summed E-state index contributed by atoms with van der Waals surface area (Å²) in [5, 5.41) is 33.8. The van der Waals surface area contributed by atoms with E-state index in [0.29, 0.717) is 22.3 Å². The Hall–Kier alpha value is -3.29. The lowest BCUT2D eigenvalue weighted by Gasteiger charge is -2.10. The molecule has 2 aliphatic carbocycles. The average Bonchev–Trinajstić information content (AvgIpc) is 2.83. The molecule has 104 valence electrons. The molecule has 0 saturated heterocycles. The van der Waals surface area contributed by atoms with Crippen molar-refractivity contribution < 1.29 is 15.1 Å². The topological polar surface area (TPSA) is 119 Å². The van der Waals surface area contributed by atoms with Gasteiger partial charge in [0, 0.05) is 23.8 Å². The van der Waals surface area contributed by atoms with E-state index >= 15 is 0 Å². The second-order valence-electron chi connectivity index (χ2n) is 4.42. The molecule has 1 N–H and O–H groups in total. The number of rotatable bonds is 2. The van der Waals surface area contributed by atoms with E-state index in [9.17, 15) is 20.2 Å². The first kappa shape index (κ1) is 12.7. The van der Waals surface area contributed by atoms with Crippen LogP contribution in [0.1, 0.15) is 11.1 Å². The van der Waals surface area contributed by atoms with E-state index in [-0.39, 0.29) is 17.1 Å². The highest BCUT2D eigenvalue weighted by atomic mass is 16.6. The van der Waals surface area contributed by atoms with Crippen LogP contribution in [0.5, 0.6) is 0 Å². The highest BCUT2D eigenvalue weighted by Gasteiger charge is 2.33. The molecule has 1 aromatic rings. The van der Waals surface area contributed by atoms with Gasteiger partial charge in [-0.3, -0.25) is 20.2 Å². The monoisotopic (exact) mass is 285 g/mol. The van der Waals surface area contributed by atoms with E-state index in [1.54, 1.807) is 12.1 Å². The zero-order valence-corrected chi connectivity index (χ0v) is 10.4. The Morgan fingerprint density at radius 2 is 1.81 bits per heavy atom. The van der Waals surface area contributed by atoms with Gasteiger partial charge in [0.2, 0.25) is 0 Å². The molecule has 0 radical (unpaired) electrons. The summed E-state index contributed by atoms with van der Waals surface area (Å²) in [5.74, 6) is 0. The summed E-state index contributed by atoms with van der Waals surface area (Å²) in [4.78, 5) is 20.6. The van der Waals surface area contributed by atoms with Crippen LogP contribution in [0.25, 0.3) is 11.6 Å². The summed E-state index contributed by atoms with van der Waals surface area (Å²) >= 11 is 0. The molecule has 0 unspecified atom stereocenters. The Balaban J connectivity index is 2.17. The number of allylic oxidation sites excluding steroid dienone is 4. The predicted molar refractivity (Wildman–Crippen MR) is 73.3 cm³/mol. The number of nitrogens with zero attached hydrogens (tertiary/aromatic N) is 3. The summed E-state index contributed by atoms with van der Waals surface area (Å²) in [6.07, 6.45) is 4.33. The standard InChI is InChI=1S/C13H7N3O5/c17-14-13-11-6-7-5-8(15(18)19)1-2-9(7)10(11)3-4-12(13)16(20)21/h1-6,17H. The fraction of sp³-hybridized carbons (Fsp3) is 0. The number of hydrogen-bond donors (Lipinski definition) is 1. The van der Waals surface area contributed by atoms with Crippen molar-refractivity contribution in [2.45, 2.75) is 0 Å². The SMILES string of the molecule is O=[N+]([O-])C1=CC=C2C(=Cc3cc([N+](=O)[O-])ccc32)C1=NO. The van der Waals surface area contributed by atoms with Crippen molar-refractivity contribution in [3.63, 3.8) is 0 Å². The van der Waals surface area contributed by atoms with Crippen LogP contribution in [0.15, 0.2) is 46.8 Å². The Labute approximate surface area is 117 Å². The van der Waals surface area contributed by atoms with Crippen LogP contribution >= 0.6 is 0 Å². The minimum Gasteiger partial charge on any atom is -0.410 e. The lowest BCUT2D eigenvalue weighted by Crippen LogP contribution is -2.16. The van der Waals surface area contributed by atoms with E-state index < -0.39 is 9.85 Å². The predicted octanol–water partition coefficient (Wildman–Crippen LogP) is 2.38. The number of nitro benzene ring substituents is 1. The molecule has 0 spiro atoms. The molecule has 3 rings (SSSR count). The molecule has 8 nitrogen and oxygen atoms in total. The van der Waals surface area contributed by atoms with Crippen molar-refractivity contribution in [2.75, 3.05) is 0 Å². The lowest BCUT2D eigenvalue weighted by molar-refractivity contribution is -0.415. The fourth-order valence-corrected chi connectivity index (χ4v) is 2.41. The molecule has 0 fully saturated rings. The highest BCUT2D eigenvalue weighted by Crippen LogP contribution is 2.40. The van der Waals surface area contributed by atoms with E-state index in [2.05, 4.69) is 5.16 Å². The van der Waals surface area contributed by atoms with Crippen molar-refractivity contribution in [1.82, 2.24) is 0 Å². The van der Waals surface area contributed by atoms with Crippen molar-refractivity contribution in [1.29, 1.82) is 0 Å². The van der Waals surface area contributed by atoms with Crippen molar-refractivity contribution in [2.24, 2.45) is 5.16 Å². The molecule has 0 amide bonds. The van der Waals surface area contributed by atoms with Gasteiger partial charge < -0.3 is 5.21 Å². The molecule has 8 heteroatoms. The first-order valence-electron chi connectivity index (χ1n) is 5.83. The van der Waals surface area contributed by atoms with Crippen molar-refractivity contribution in [3.8, 4) is 0 Å². The van der Waals surface area contributed by atoms with E-state index in [1.807, 2.05) is 0 Å². The van der Waals surface area contributed by atoms with Gasteiger partial charge in [0.1, 0.15) is 0 Å². The minimum absolute atomic E-state index is 0.0743. The Bertz CT molecular complexity index is 817. The first-order valence-corrected chi connectivity index (χ1v) is 5.83. The maximum atomic E-state index is 10.9. The molecule has 0 aromatic heterocycles. The molecule has 0 atom stereocenters. The van der Waals surface area contributed by atoms with E-state index in [4.69, 9.17) is 5.21 Å². The summed E-state index contributed by atoms with van der Waals surface area (Å²) in [7, 11) is 0. The molecule has 21 heavy (non-hydrogen) atoms. The minimum atomic E-state index is -0.644. The summed E-state index contributed by atoms with van der Waals surface area (Å²) in [6.45, 7) is 0. The van der Waals surface area contributed by atoms with Gasteiger partial charge in [0.05, 0.1) is 9.85 Å². The fourth-order valence-electron chi connectivity index (χ4n) is 2.41. The molecule has 1 aromatic carbocycles. The van der Waals surface area contributed by atoms with Gasteiger partial charge in [0.25, 0.3) is 11.4 Å². The first-order chi connectivity index (χ1) is 10.0. The molecular weight excluding hydrogens is 278 g/mol. The van der Waals surface area contributed by atoms with Gasteiger partial charge in [-0.05, 0) is 34.9 Å². The van der Waals surface area contributed by atoms with Crippen LogP contribution in [0.4, 0.5) is 5.69 Å². The number of nitro groups is 2. The number of non-ortho nitro benzene ring substituents is 1. The van der Waals surface area contributed by atoms with Gasteiger partial charge in [-0.2, -0.15) is 0 Å². The third-order valence-corrected chi connectivity index (χ3v) is 3.33. The number of fused-ring (bicyclic) bond motifs is 3. The number of benzene rings is 1.